The van der Waals surface area contributed by atoms with Gasteiger partial charge < -0.3 is 10.5 Å². The van der Waals surface area contributed by atoms with Gasteiger partial charge in [-0.1, -0.05) is 17.7 Å². The van der Waals surface area contributed by atoms with Crippen LogP contribution in [0.4, 0.5) is 0 Å². The number of esters is 1. The molecule has 84 valence electrons. The van der Waals surface area contributed by atoms with E-state index in [9.17, 15) is 4.79 Å². The third kappa shape index (κ3) is 2.72. The van der Waals surface area contributed by atoms with Crippen molar-refractivity contribution in [3.8, 4) is 6.07 Å². The van der Waals surface area contributed by atoms with Gasteiger partial charge in [0.2, 0.25) is 0 Å². The molecule has 0 spiro atoms. The third-order valence-electron chi connectivity index (χ3n) is 2.13. The second kappa shape index (κ2) is 5.50. The first-order chi connectivity index (χ1) is 7.62. The van der Waals surface area contributed by atoms with E-state index in [0.717, 1.165) is 5.56 Å². The van der Waals surface area contributed by atoms with Crippen LogP contribution in [0, 0.1) is 11.3 Å². The number of benzene rings is 1. The van der Waals surface area contributed by atoms with Crippen LogP contribution in [0.1, 0.15) is 16.7 Å². The second-order valence-corrected chi connectivity index (χ2v) is 3.56. The topological polar surface area (TPSA) is 76.1 Å². The van der Waals surface area contributed by atoms with Crippen LogP contribution in [0.5, 0.6) is 0 Å². The van der Waals surface area contributed by atoms with Crippen molar-refractivity contribution in [1.29, 1.82) is 5.26 Å². The number of ether oxygens (including phenoxy) is 1. The molecule has 4 nitrogen and oxygen atoms in total. The zero-order valence-electron chi connectivity index (χ0n) is 8.79. The van der Waals surface area contributed by atoms with E-state index in [0.29, 0.717) is 17.7 Å². The largest absolute Gasteiger partial charge is 0.469 e. The van der Waals surface area contributed by atoms with Crippen LogP contribution in [0.3, 0.4) is 0 Å². The van der Waals surface area contributed by atoms with Gasteiger partial charge in [-0.15, -0.1) is 0 Å². The van der Waals surface area contributed by atoms with E-state index < -0.39 is 5.97 Å². The lowest BCUT2D eigenvalue weighted by Gasteiger charge is -2.07. The van der Waals surface area contributed by atoms with E-state index >= 15 is 0 Å². The summed E-state index contributed by atoms with van der Waals surface area (Å²) in [5.41, 5.74) is 7.14. The first-order valence-electron chi connectivity index (χ1n) is 4.60. The molecule has 5 heteroatoms. The minimum absolute atomic E-state index is 0.0395. The van der Waals surface area contributed by atoms with E-state index in [1.165, 1.54) is 7.11 Å². The number of hydrogen-bond donors (Lipinski definition) is 1. The van der Waals surface area contributed by atoms with Crippen molar-refractivity contribution in [3.63, 3.8) is 0 Å². The lowest BCUT2D eigenvalue weighted by molar-refractivity contribution is -0.139. The SMILES string of the molecule is COC(=O)Cc1cc(CN)cc(C#N)c1Cl. The minimum Gasteiger partial charge on any atom is -0.469 e. The van der Waals surface area contributed by atoms with Crippen molar-refractivity contribution >= 4 is 17.6 Å². The molecular formula is C11H11ClN2O2. The number of halogens is 1. The fourth-order valence-corrected chi connectivity index (χ4v) is 1.52. The molecule has 0 saturated heterocycles. The summed E-state index contributed by atoms with van der Waals surface area (Å²) in [6.07, 6.45) is 0.0395. The summed E-state index contributed by atoms with van der Waals surface area (Å²) in [7, 11) is 1.30. The highest BCUT2D eigenvalue weighted by Crippen LogP contribution is 2.23. The summed E-state index contributed by atoms with van der Waals surface area (Å²) < 4.78 is 4.54. The van der Waals surface area contributed by atoms with Crippen molar-refractivity contribution in [3.05, 3.63) is 33.8 Å². The maximum absolute atomic E-state index is 11.1. The molecule has 1 rings (SSSR count). The molecule has 0 aliphatic heterocycles. The number of nitrogens with zero attached hydrogens (tertiary/aromatic N) is 1. The molecule has 0 fully saturated rings. The zero-order chi connectivity index (χ0) is 12.1. The van der Waals surface area contributed by atoms with Crippen LogP contribution >= 0.6 is 11.6 Å². The quantitative estimate of drug-likeness (QED) is 0.808. The number of nitriles is 1. The van der Waals surface area contributed by atoms with Crippen molar-refractivity contribution in [2.45, 2.75) is 13.0 Å². The summed E-state index contributed by atoms with van der Waals surface area (Å²) in [5.74, 6) is -0.403. The average molecular weight is 239 g/mol. The monoisotopic (exact) mass is 238 g/mol. The predicted molar refractivity (Wildman–Crippen MR) is 59.8 cm³/mol. The maximum atomic E-state index is 11.1. The number of hydrogen-bond acceptors (Lipinski definition) is 4. The van der Waals surface area contributed by atoms with Gasteiger partial charge in [0, 0.05) is 6.54 Å². The molecule has 1 aromatic rings. The molecule has 0 bridgehead atoms. The Bertz CT molecular complexity index is 452. The Morgan fingerprint density at radius 2 is 2.31 bits per heavy atom. The van der Waals surface area contributed by atoms with Crippen LogP contribution in [0.15, 0.2) is 12.1 Å². The summed E-state index contributed by atoms with van der Waals surface area (Å²) in [6.45, 7) is 0.292. The van der Waals surface area contributed by atoms with Gasteiger partial charge in [0.1, 0.15) is 6.07 Å². The number of rotatable bonds is 3. The van der Waals surface area contributed by atoms with Crippen LogP contribution in [0.2, 0.25) is 5.02 Å². The highest BCUT2D eigenvalue weighted by atomic mass is 35.5. The van der Waals surface area contributed by atoms with Crippen LogP contribution in [-0.2, 0) is 22.5 Å². The molecule has 0 amide bonds. The van der Waals surface area contributed by atoms with E-state index in [-0.39, 0.29) is 11.4 Å². The maximum Gasteiger partial charge on any atom is 0.310 e. The second-order valence-electron chi connectivity index (χ2n) is 3.19. The Morgan fingerprint density at radius 1 is 1.62 bits per heavy atom. The molecule has 0 atom stereocenters. The summed E-state index contributed by atoms with van der Waals surface area (Å²) in [6, 6.07) is 5.28. The molecular weight excluding hydrogens is 228 g/mol. The highest BCUT2D eigenvalue weighted by molar-refractivity contribution is 6.32. The van der Waals surface area contributed by atoms with Crippen molar-refractivity contribution in [2.24, 2.45) is 5.73 Å². The zero-order valence-corrected chi connectivity index (χ0v) is 9.54. The predicted octanol–water partition coefficient (Wildman–Crippen LogP) is 1.39. The Hall–Kier alpha value is -1.57. The lowest BCUT2D eigenvalue weighted by atomic mass is 10.0. The Kier molecular flexibility index (Phi) is 4.29. The third-order valence-corrected chi connectivity index (χ3v) is 2.57. The first kappa shape index (κ1) is 12.5. The summed E-state index contributed by atoms with van der Waals surface area (Å²) in [4.78, 5) is 11.1. The van der Waals surface area contributed by atoms with Gasteiger partial charge in [-0.2, -0.15) is 5.26 Å². The smallest absolute Gasteiger partial charge is 0.310 e. The Labute approximate surface area is 98.6 Å². The van der Waals surface area contributed by atoms with Crippen molar-refractivity contribution < 1.29 is 9.53 Å². The van der Waals surface area contributed by atoms with Crippen LogP contribution in [-0.4, -0.2) is 13.1 Å². The van der Waals surface area contributed by atoms with Gasteiger partial charge in [-0.3, -0.25) is 4.79 Å². The van der Waals surface area contributed by atoms with Gasteiger partial charge >= 0.3 is 5.97 Å². The van der Waals surface area contributed by atoms with Gasteiger partial charge in [-0.05, 0) is 17.2 Å². The van der Waals surface area contributed by atoms with E-state index in [4.69, 9.17) is 22.6 Å². The molecule has 16 heavy (non-hydrogen) atoms. The van der Waals surface area contributed by atoms with Crippen LogP contribution < -0.4 is 5.73 Å². The molecule has 0 heterocycles. The van der Waals surface area contributed by atoms with Crippen molar-refractivity contribution in [1.82, 2.24) is 0 Å². The van der Waals surface area contributed by atoms with Gasteiger partial charge in [0.25, 0.3) is 0 Å². The van der Waals surface area contributed by atoms with E-state index in [1.54, 1.807) is 12.1 Å². The molecule has 1 aromatic carbocycles. The fourth-order valence-electron chi connectivity index (χ4n) is 1.31. The lowest BCUT2D eigenvalue weighted by Crippen LogP contribution is -2.07. The van der Waals surface area contributed by atoms with Gasteiger partial charge in [0.05, 0.1) is 24.1 Å². The standard InChI is InChI=1S/C11H11ClN2O2/c1-16-10(15)4-8-2-7(5-13)3-9(6-14)11(8)12/h2-3H,4-5,13H2,1H3. The summed E-state index contributed by atoms with van der Waals surface area (Å²) in [5, 5.41) is 9.15. The van der Waals surface area contributed by atoms with Gasteiger partial charge in [-0.25, -0.2) is 0 Å². The number of nitrogens with two attached hydrogens (primary N) is 1. The van der Waals surface area contributed by atoms with Gasteiger partial charge in [0.15, 0.2) is 0 Å². The number of methoxy groups -OCH3 is 1. The minimum atomic E-state index is -0.403. The Morgan fingerprint density at radius 3 is 2.81 bits per heavy atom. The van der Waals surface area contributed by atoms with E-state index in [1.807, 2.05) is 6.07 Å². The average Bonchev–Trinajstić information content (AvgIpc) is 2.31. The first-order valence-corrected chi connectivity index (χ1v) is 4.98. The van der Waals surface area contributed by atoms with Crippen LogP contribution in [0.25, 0.3) is 0 Å². The molecule has 0 unspecified atom stereocenters. The molecule has 2 N–H and O–H groups in total. The summed E-state index contributed by atoms with van der Waals surface area (Å²) >= 11 is 5.97. The number of carbonyl (C=O) groups is 1. The normalized spacial score (nSPS) is 9.62. The molecule has 0 saturated carbocycles. The van der Waals surface area contributed by atoms with Crippen molar-refractivity contribution in [2.75, 3.05) is 7.11 Å². The molecule has 0 aliphatic carbocycles. The molecule has 0 radical (unpaired) electrons. The Balaban J connectivity index is 3.17. The number of carbonyl (C=O) groups excluding carboxylic acids is 1. The fraction of sp³-hybridized carbons (Fsp3) is 0.273. The van der Waals surface area contributed by atoms with E-state index in [2.05, 4.69) is 4.74 Å². The molecule has 0 aliphatic rings. The highest BCUT2D eigenvalue weighted by Gasteiger charge is 2.12. The molecule has 0 aromatic heterocycles.